The highest BCUT2D eigenvalue weighted by molar-refractivity contribution is 6.02. The molecule has 3 heterocycles. The molecule has 3 aromatic rings. The molecule has 8 nitrogen and oxygen atoms in total. The van der Waals surface area contributed by atoms with Crippen LogP contribution in [0.4, 0.5) is 4.39 Å². The SMILES string of the molecule is O=C(NCCO)c1c(O)c2ncc(Cc3ccc(F)cc3)c3c2n(c1=O)CCCO3. The number of aryl methyl sites for hydroxylation is 1. The van der Waals surface area contributed by atoms with Crippen LogP contribution in [0, 0.1) is 5.82 Å². The summed E-state index contributed by atoms with van der Waals surface area (Å²) in [6.07, 6.45) is 2.45. The number of hydrogen-bond acceptors (Lipinski definition) is 6. The first-order valence-electron chi connectivity index (χ1n) is 9.55. The number of nitrogens with one attached hydrogen (secondary N) is 1. The van der Waals surface area contributed by atoms with Crippen LogP contribution in [0.3, 0.4) is 0 Å². The quantitative estimate of drug-likeness (QED) is 0.582. The number of halogens is 1. The van der Waals surface area contributed by atoms with E-state index in [9.17, 15) is 19.1 Å². The van der Waals surface area contributed by atoms with Crippen molar-refractivity contribution < 1.29 is 24.1 Å². The zero-order valence-corrected chi connectivity index (χ0v) is 16.0. The average molecular weight is 413 g/mol. The molecular formula is C21H20FN3O5. The molecule has 0 saturated heterocycles. The van der Waals surface area contributed by atoms with Crippen LogP contribution in [0.1, 0.15) is 27.9 Å². The second kappa shape index (κ2) is 8.11. The van der Waals surface area contributed by atoms with Gasteiger partial charge in [0.1, 0.15) is 28.2 Å². The van der Waals surface area contributed by atoms with Gasteiger partial charge in [0.25, 0.3) is 11.5 Å². The number of benzene rings is 1. The van der Waals surface area contributed by atoms with Crippen molar-refractivity contribution in [3.8, 4) is 11.5 Å². The van der Waals surface area contributed by atoms with Gasteiger partial charge in [-0.15, -0.1) is 0 Å². The zero-order chi connectivity index (χ0) is 21.3. The van der Waals surface area contributed by atoms with Crippen molar-refractivity contribution in [3.05, 3.63) is 63.3 Å². The smallest absolute Gasteiger partial charge is 0.267 e. The molecule has 4 rings (SSSR count). The summed E-state index contributed by atoms with van der Waals surface area (Å²) in [5.41, 5.74) is 0.864. The third-order valence-electron chi connectivity index (χ3n) is 4.98. The maximum atomic E-state index is 13.2. The minimum Gasteiger partial charge on any atom is -0.505 e. The first-order valence-corrected chi connectivity index (χ1v) is 9.55. The largest absolute Gasteiger partial charge is 0.505 e. The summed E-state index contributed by atoms with van der Waals surface area (Å²) in [6.45, 7) is 0.305. The number of ether oxygens (including phenoxy) is 1. The van der Waals surface area contributed by atoms with Gasteiger partial charge in [-0.2, -0.15) is 0 Å². The molecule has 2 aromatic heterocycles. The summed E-state index contributed by atoms with van der Waals surface area (Å²) in [5.74, 6) is -1.23. The van der Waals surface area contributed by atoms with E-state index in [0.717, 1.165) is 5.56 Å². The highest BCUT2D eigenvalue weighted by Crippen LogP contribution is 2.36. The van der Waals surface area contributed by atoms with E-state index in [2.05, 4.69) is 10.3 Å². The maximum absolute atomic E-state index is 13.2. The number of carbonyl (C=O) groups is 1. The van der Waals surface area contributed by atoms with Crippen molar-refractivity contribution in [2.45, 2.75) is 19.4 Å². The number of aliphatic hydroxyl groups is 1. The molecule has 0 radical (unpaired) electrons. The van der Waals surface area contributed by atoms with Gasteiger partial charge in [-0.3, -0.25) is 14.6 Å². The summed E-state index contributed by atoms with van der Waals surface area (Å²) in [7, 11) is 0. The van der Waals surface area contributed by atoms with Crippen LogP contribution in [0.15, 0.2) is 35.3 Å². The van der Waals surface area contributed by atoms with Crippen molar-refractivity contribution in [1.82, 2.24) is 14.9 Å². The van der Waals surface area contributed by atoms with Gasteiger partial charge in [0.15, 0.2) is 5.75 Å². The van der Waals surface area contributed by atoms with Crippen LogP contribution >= 0.6 is 0 Å². The Bertz CT molecular complexity index is 1170. The summed E-state index contributed by atoms with van der Waals surface area (Å²) in [5, 5.41) is 22.0. The van der Waals surface area contributed by atoms with E-state index >= 15 is 0 Å². The molecule has 156 valence electrons. The molecule has 0 aliphatic carbocycles. The van der Waals surface area contributed by atoms with E-state index in [-0.39, 0.29) is 24.5 Å². The molecule has 1 aliphatic rings. The van der Waals surface area contributed by atoms with E-state index in [0.29, 0.717) is 42.8 Å². The summed E-state index contributed by atoms with van der Waals surface area (Å²) < 4.78 is 20.5. The highest BCUT2D eigenvalue weighted by atomic mass is 19.1. The Morgan fingerprint density at radius 3 is 2.80 bits per heavy atom. The Hall–Kier alpha value is -3.46. The topological polar surface area (TPSA) is 114 Å². The third-order valence-corrected chi connectivity index (χ3v) is 4.98. The maximum Gasteiger partial charge on any atom is 0.267 e. The van der Waals surface area contributed by atoms with Crippen molar-refractivity contribution in [1.29, 1.82) is 0 Å². The number of rotatable bonds is 5. The number of amides is 1. The average Bonchev–Trinajstić information content (AvgIpc) is 2.97. The predicted molar refractivity (Wildman–Crippen MR) is 106 cm³/mol. The van der Waals surface area contributed by atoms with Gasteiger partial charge in [-0.05, 0) is 24.1 Å². The first kappa shape index (κ1) is 19.8. The fourth-order valence-corrected chi connectivity index (χ4v) is 3.58. The molecule has 0 atom stereocenters. The highest BCUT2D eigenvalue weighted by Gasteiger charge is 2.27. The second-order valence-electron chi connectivity index (χ2n) is 6.97. The van der Waals surface area contributed by atoms with Gasteiger partial charge in [-0.1, -0.05) is 12.1 Å². The minimum absolute atomic E-state index is 0.0475. The molecule has 9 heteroatoms. The molecule has 30 heavy (non-hydrogen) atoms. The normalized spacial score (nSPS) is 13.0. The molecule has 0 unspecified atom stereocenters. The molecule has 3 N–H and O–H groups in total. The first-order chi connectivity index (χ1) is 14.5. The molecule has 0 saturated carbocycles. The van der Waals surface area contributed by atoms with Crippen LogP contribution in [-0.4, -0.2) is 45.4 Å². The Balaban J connectivity index is 1.89. The van der Waals surface area contributed by atoms with E-state index in [1.165, 1.54) is 22.9 Å². The fourth-order valence-electron chi connectivity index (χ4n) is 3.58. The third kappa shape index (κ3) is 3.48. The Morgan fingerprint density at radius 2 is 2.07 bits per heavy atom. The lowest BCUT2D eigenvalue weighted by Crippen LogP contribution is -2.34. The number of aromatic hydroxyl groups is 1. The van der Waals surface area contributed by atoms with Crippen LogP contribution < -0.4 is 15.6 Å². The molecule has 0 spiro atoms. The van der Waals surface area contributed by atoms with E-state index in [1.54, 1.807) is 12.1 Å². The van der Waals surface area contributed by atoms with Crippen LogP contribution in [0.2, 0.25) is 0 Å². The van der Waals surface area contributed by atoms with Gasteiger partial charge in [0.05, 0.1) is 13.2 Å². The van der Waals surface area contributed by atoms with E-state index < -0.39 is 22.8 Å². The van der Waals surface area contributed by atoms with Gasteiger partial charge in [-0.25, -0.2) is 4.39 Å². The second-order valence-corrected chi connectivity index (χ2v) is 6.97. The Morgan fingerprint density at radius 1 is 1.30 bits per heavy atom. The van der Waals surface area contributed by atoms with E-state index in [4.69, 9.17) is 9.84 Å². The molecule has 0 fully saturated rings. The van der Waals surface area contributed by atoms with Crippen LogP contribution in [0.25, 0.3) is 11.0 Å². The fraction of sp³-hybridized carbons (Fsp3) is 0.286. The standard InChI is InChI=1S/C21H20FN3O5/c22-14-4-2-12(3-5-14)10-13-11-24-16-17-19(13)30-9-1-7-25(17)21(29)15(18(16)27)20(28)23-6-8-26/h2-5,11,26-27H,1,6-10H2,(H,23,28). The van der Waals surface area contributed by atoms with Crippen LogP contribution in [-0.2, 0) is 13.0 Å². The number of aliphatic hydroxyl groups excluding tert-OH is 1. The number of hydrogen-bond donors (Lipinski definition) is 3. The number of pyridine rings is 2. The molecule has 1 aromatic carbocycles. The summed E-state index contributed by atoms with van der Waals surface area (Å²) in [6, 6.07) is 6.03. The van der Waals surface area contributed by atoms with Gasteiger partial charge < -0.3 is 24.8 Å². The number of aromatic nitrogens is 2. The lowest BCUT2D eigenvalue weighted by Gasteiger charge is -2.16. The van der Waals surface area contributed by atoms with Crippen molar-refractivity contribution in [2.24, 2.45) is 0 Å². The minimum atomic E-state index is -0.777. The van der Waals surface area contributed by atoms with Gasteiger partial charge in [0, 0.05) is 31.3 Å². The van der Waals surface area contributed by atoms with Crippen LogP contribution in [0.5, 0.6) is 11.5 Å². The zero-order valence-electron chi connectivity index (χ0n) is 16.0. The number of carbonyl (C=O) groups excluding carboxylic acids is 1. The molecule has 0 bridgehead atoms. The lowest BCUT2D eigenvalue weighted by atomic mass is 10.0. The molecular weight excluding hydrogens is 393 g/mol. The summed E-state index contributed by atoms with van der Waals surface area (Å²) >= 11 is 0. The van der Waals surface area contributed by atoms with E-state index in [1.807, 2.05) is 0 Å². The van der Waals surface area contributed by atoms with Gasteiger partial charge >= 0.3 is 0 Å². The Labute approximate surface area is 170 Å². The molecule has 1 aliphatic heterocycles. The van der Waals surface area contributed by atoms with Crippen molar-refractivity contribution in [3.63, 3.8) is 0 Å². The van der Waals surface area contributed by atoms with Crippen molar-refractivity contribution in [2.75, 3.05) is 19.8 Å². The Kier molecular flexibility index (Phi) is 5.37. The predicted octanol–water partition coefficient (Wildman–Crippen LogP) is 1.34. The monoisotopic (exact) mass is 413 g/mol. The lowest BCUT2D eigenvalue weighted by molar-refractivity contribution is 0.0940. The number of nitrogens with zero attached hydrogens (tertiary/aromatic N) is 2. The summed E-state index contributed by atoms with van der Waals surface area (Å²) in [4.78, 5) is 29.7. The van der Waals surface area contributed by atoms with Crippen molar-refractivity contribution >= 4 is 16.9 Å². The van der Waals surface area contributed by atoms with Gasteiger partial charge in [0.2, 0.25) is 0 Å². The molecule has 1 amide bonds.